The minimum atomic E-state index is -3.96. The van der Waals surface area contributed by atoms with Gasteiger partial charge in [0.05, 0.1) is 31.4 Å². The Bertz CT molecular complexity index is 1750. The summed E-state index contributed by atoms with van der Waals surface area (Å²) in [5, 5.41) is 1.06. The molecule has 2 amide bonds. The number of carbonyl (C=O) groups excluding carboxylic acids is 2. The van der Waals surface area contributed by atoms with E-state index in [2.05, 4.69) is 21.4 Å². The summed E-state index contributed by atoms with van der Waals surface area (Å²) in [5.74, 6) is 0.644. The number of morpholine rings is 1. The van der Waals surface area contributed by atoms with E-state index >= 15 is 0 Å². The van der Waals surface area contributed by atoms with Gasteiger partial charge in [-0.05, 0) is 66.6 Å². The van der Waals surface area contributed by atoms with Crippen LogP contribution in [0.15, 0.2) is 36.4 Å². The molecule has 2 atom stereocenters. The van der Waals surface area contributed by atoms with Crippen LogP contribution in [0.5, 0.6) is 5.75 Å². The third-order valence-electron chi connectivity index (χ3n) is 10.2. The van der Waals surface area contributed by atoms with E-state index in [9.17, 15) is 18.0 Å². The molecule has 4 aliphatic rings. The maximum atomic E-state index is 14.4. The summed E-state index contributed by atoms with van der Waals surface area (Å²) < 4.78 is 41.7. The molecule has 3 aromatic rings. The van der Waals surface area contributed by atoms with Gasteiger partial charge in [-0.2, -0.15) is 12.7 Å². The SMILES string of the molecule is COc1ccc2c(c1)[C@@H]1C[C@]1(C(=O)N1CCOCC1)Cn1c-2c(C2CCCCC2)c2ccc(C(=O)NS(=O)(=O)N(C)C)cc21. The lowest BCUT2D eigenvalue weighted by atomic mass is 9.81. The molecule has 2 saturated carbocycles. The number of nitrogens with zero attached hydrogens (tertiary/aromatic N) is 3. The largest absolute Gasteiger partial charge is 0.497 e. The number of rotatable bonds is 6. The molecule has 11 heteroatoms. The van der Waals surface area contributed by atoms with Crippen molar-refractivity contribution in [1.82, 2.24) is 18.5 Å². The number of nitrogens with one attached hydrogen (secondary N) is 1. The van der Waals surface area contributed by atoms with Gasteiger partial charge < -0.3 is 18.9 Å². The fourth-order valence-corrected chi connectivity index (χ4v) is 8.31. The monoisotopic (exact) mass is 620 g/mol. The standard InChI is InChI=1S/C33H40N4O6S/c1-35(2)44(40,41)34-31(38)22-9-11-25-28(17-22)37-20-33(32(39)36-13-15-43-16-14-36)19-27(33)26-18-23(42-3)10-12-24(26)30(37)29(25)21-7-5-4-6-8-21/h9-12,17-18,21,27H,4-8,13-16,19-20H2,1-3H3,(H,34,38)/t27-,33-/m0/s1. The van der Waals surface area contributed by atoms with E-state index in [0.29, 0.717) is 38.8 Å². The first-order chi connectivity index (χ1) is 21.1. The molecule has 10 nitrogen and oxygen atoms in total. The van der Waals surface area contributed by atoms with Crippen LogP contribution < -0.4 is 9.46 Å². The molecule has 3 fully saturated rings. The molecule has 2 aromatic carbocycles. The first-order valence-corrected chi connectivity index (χ1v) is 17.0. The second-order valence-electron chi connectivity index (χ2n) is 12.9. The second-order valence-corrected chi connectivity index (χ2v) is 14.8. The summed E-state index contributed by atoms with van der Waals surface area (Å²) in [5.41, 5.74) is 5.14. The van der Waals surface area contributed by atoms with Crippen molar-refractivity contribution < 1.29 is 27.5 Å². The third kappa shape index (κ3) is 4.71. The van der Waals surface area contributed by atoms with E-state index in [1.54, 1.807) is 13.2 Å². The average Bonchev–Trinajstić information content (AvgIpc) is 3.70. The van der Waals surface area contributed by atoms with Crippen molar-refractivity contribution in [2.75, 3.05) is 47.5 Å². The highest BCUT2D eigenvalue weighted by atomic mass is 32.2. The maximum absolute atomic E-state index is 14.4. The highest BCUT2D eigenvalue weighted by Crippen LogP contribution is 2.66. The lowest BCUT2D eigenvalue weighted by Crippen LogP contribution is -2.45. The van der Waals surface area contributed by atoms with E-state index in [1.165, 1.54) is 26.1 Å². The van der Waals surface area contributed by atoms with Gasteiger partial charge in [0.1, 0.15) is 5.75 Å². The quantitative estimate of drug-likeness (QED) is 0.442. The number of amides is 2. The van der Waals surface area contributed by atoms with Gasteiger partial charge in [-0.1, -0.05) is 25.3 Å². The van der Waals surface area contributed by atoms with E-state index < -0.39 is 21.5 Å². The molecule has 0 radical (unpaired) electrons. The Hall–Kier alpha value is -3.41. The molecule has 0 unspecified atom stereocenters. The Morgan fingerprint density at radius 1 is 1.05 bits per heavy atom. The summed E-state index contributed by atoms with van der Waals surface area (Å²) in [6, 6.07) is 11.7. The van der Waals surface area contributed by atoms with Crippen LogP contribution in [0.1, 0.15) is 71.8 Å². The topological polar surface area (TPSA) is 110 Å². The normalized spacial score (nSPS) is 23.5. The number of hydrogen-bond acceptors (Lipinski definition) is 6. The lowest BCUT2D eigenvalue weighted by molar-refractivity contribution is -0.141. The number of aromatic nitrogens is 1. The highest BCUT2D eigenvalue weighted by molar-refractivity contribution is 7.87. The molecule has 3 heterocycles. The van der Waals surface area contributed by atoms with Crippen molar-refractivity contribution in [1.29, 1.82) is 0 Å². The first kappa shape index (κ1) is 29.3. The summed E-state index contributed by atoms with van der Waals surface area (Å²) in [6.45, 7) is 2.72. The van der Waals surface area contributed by atoms with Gasteiger partial charge in [0.2, 0.25) is 5.91 Å². The van der Waals surface area contributed by atoms with Crippen molar-refractivity contribution >= 4 is 32.9 Å². The molecule has 234 valence electrons. The zero-order chi connectivity index (χ0) is 30.8. The molecular weight excluding hydrogens is 580 g/mol. The van der Waals surface area contributed by atoms with Crippen LogP contribution in [0.25, 0.3) is 22.2 Å². The number of ether oxygens (including phenoxy) is 2. The summed E-state index contributed by atoms with van der Waals surface area (Å²) in [6.07, 6.45) is 6.46. The Balaban J connectivity index is 1.44. The number of methoxy groups -OCH3 is 1. The summed E-state index contributed by atoms with van der Waals surface area (Å²) >= 11 is 0. The smallest absolute Gasteiger partial charge is 0.303 e. The molecule has 0 bridgehead atoms. The van der Waals surface area contributed by atoms with E-state index in [-0.39, 0.29) is 17.4 Å². The number of benzene rings is 2. The molecule has 1 saturated heterocycles. The summed E-state index contributed by atoms with van der Waals surface area (Å²) in [4.78, 5) is 29.6. The predicted octanol–water partition coefficient (Wildman–Crippen LogP) is 4.25. The number of fused-ring (bicyclic) bond motifs is 7. The van der Waals surface area contributed by atoms with Gasteiger partial charge >= 0.3 is 10.2 Å². The molecule has 7 rings (SSSR count). The van der Waals surface area contributed by atoms with Gasteiger partial charge in [0.25, 0.3) is 5.91 Å². The van der Waals surface area contributed by atoms with E-state index in [1.807, 2.05) is 23.1 Å². The maximum Gasteiger partial charge on any atom is 0.303 e. The van der Waals surface area contributed by atoms with Gasteiger partial charge in [-0.15, -0.1) is 0 Å². The van der Waals surface area contributed by atoms with Crippen LogP contribution in [0, 0.1) is 5.41 Å². The van der Waals surface area contributed by atoms with E-state index in [0.717, 1.165) is 69.9 Å². The molecular formula is C33H40N4O6S. The Morgan fingerprint density at radius 2 is 1.80 bits per heavy atom. The molecule has 1 N–H and O–H groups in total. The zero-order valence-corrected chi connectivity index (χ0v) is 26.4. The highest BCUT2D eigenvalue weighted by Gasteiger charge is 2.64. The minimum absolute atomic E-state index is 0.0498. The van der Waals surface area contributed by atoms with Gasteiger partial charge in [-0.3, -0.25) is 9.59 Å². The van der Waals surface area contributed by atoms with Gasteiger partial charge in [0, 0.05) is 61.7 Å². The van der Waals surface area contributed by atoms with Crippen LogP contribution in [0.3, 0.4) is 0 Å². The zero-order valence-electron chi connectivity index (χ0n) is 25.6. The van der Waals surface area contributed by atoms with Crippen molar-refractivity contribution in [2.45, 2.75) is 56.9 Å². The Labute approximate surface area is 258 Å². The van der Waals surface area contributed by atoms with Gasteiger partial charge in [-0.25, -0.2) is 4.72 Å². The predicted molar refractivity (Wildman–Crippen MR) is 167 cm³/mol. The molecule has 1 aromatic heterocycles. The number of hydrogen-bond donors (Lipinski definition) is 1. The molecule has 2 aliphatic carbocycles. The van der Waals surface area contributed by atoms with Crippen LogP contribution in [-0.4, -0.2) is 81.5 Å². The fraction of sp³-hybridized carbons (Fsp3) is 0.515. The van der Waals surface area contributed by atoms with Crippen molar-refractivity contribution in [3.8, 4) is 17.0 Å². The van der Waals surface area contributed by atoms with Crippen molar-refractivity contribution in [3.63, 3.8) is 0 Å². The molecule has 2 aliphatic heterocycles. The lowest BCUT2D eigenvalue weighted by Gasteiger charge is -2.31. The number of carbonyl (C=O) groups is 2. The minimum Gasteiger partial charge on any atom is -0.497 e. The van der Waals surface area contributed by atoms with E-state index in [4.69, 9.17) is 9.47 Å². The van der Waals surface area contributed by atoms with Crippen LogP contribution in [0.2, 0.25) is 0 Å². The Morgan fingerprint density at radius 3 is 2.50 bits per heavy atom. The van der Waals surface area contributed by atoms with Crippen LogP contribution >= 0.6 is 0 Å². The van der Waals surface area contributed by atoms with Crippen LogP contribution in [0.4, 0.5) is 0 Å². The fourth-order valence-electron chi connectivity index (χ4n) is 7.77. The third-order valence-corrected chi connectivity index (χ3v) is 11.6. The Kier molecular flexibility index (Phi) is 7.25. The summed E-state index contributed by atoms with van der Waals surface area (Å²) in [7, 11) is 0.471. The first-order valence-electron chi connectivity index (χ1n) is 15.6. The molecule has 44 heavy (non-hydrogen) atoms. The average molecular weight is 621 g/mol. The van der Waals surface area contributed by atoms with Crippen molar-refractivity contribution in [2.24, 2.45) is 5.41 Å². The van der Waals surface area contributed by atoms with Crippen molar-refractivity contribution in [3.05, 3.63) is 53.1 Å². The van der Waals surface area contributed by atoms with Gasteiger partial charge in [0.15, 0.2) is 0 Å². The molecule has 0 spiro atoms. The van der Waals surface area contributed by atoms with Crippen LogP contribution in [-0.2, 0) is 26.3 Å². The second kappa shape index (κ2) is 10.9.